The van der Waals surface area contributed by atoms with Crippen molar-refractivity contribution in [3.8, 4) is 5.75 Å². The Labute approximate surface area is 197 Å². The number of rotatable bonds is 8. The Kier molecular flexibility index (Phi) is 8.72. The van der Waals surface area contributed by atoms with E-state index in [-0.39, 0.29) is 5.75 Å². The van der Waals surface area contributed by atoms with Crippen LogP contribution in [0.3, 0.4) is 0 Å². The van der Waals surface area contributed by atoms with E-state index in [1.54, 1.807) is 48.5 Å². The first-order chi connectivity index (χ1) is 14.1. The number of amides is 1. The molecule has 2 aromatic carbocycles. The number of carboxylic acids is 1. The highest BCUT2D eigenvalue weighted by molar-refractivity contribution is 14.1. The molecule has 0 aromatic heterocycles. The number of phenolic OH excluding ortho intramolecular Hbond substituents is 1. The molecule has 0 heterocycles. The number of hydrogen-bond donors (Lipinski definition) is 3. The molecule has 0 fully saturated rings. The van der Waals surface area contributed by atoms with Crippen LogP contribution in [-0.4, -0.2) is 22.3 Å². The van der Waals surface area contributed by atoms with Crippen LogP contribution in [0.15, 0.2) is 59.1 Å². The molecule has 2 rings (SSSR count). The number of nitrogens with one attached hydrogen (secondary N) is 1. The summed E-state index contributed by atoms with van der Waals surface area (Å²) >= 11 is 5.48. The maximum absolute atomic E-state index is 12.6. The maximum atomic E-state index is 12.6. The molecule has 6 nitrogen and oxygen atoms in total. The number of benzene rings is 2. The van der Waals surface area contributed by atoms with Crippen molar-refractivity contribution in [3.05, 3.63) is 68.2 Å². The SMILES string of the molecule is CC(C)(CC/C=C/C(=O)O)[C@@H](OC(=O)Nc1ccc(Br)cc1)c1cc(I)ccc1O. The second-order valence-corrected chi connectivity index (χ2v) is 9.55. The molecule has 3 N–H and O–H groups in total. The lowest BCUT2D eigenvalue weighted by Crippen LogP contribution is -2.29. The number of allylic oxidation sites excluding steroid dienone is 1. The lowest BCUT2D eigenvalue weighted by atomic mass is 9.78. The molecule has 0 bridgehead atoms. The first-order valence-electron chi connectivity index (χ1n) is 9.19. The van der Waals surface area contributed by atoms with E-state index >= 15 is 0 Å². The van der Waals surface area contributed by atoms with Crippen LogP contribution in [0.2, 0.25) is 0 Å². The van der Waals surface area contributed by atoms with E-state index in [4.69, 9.17) is 9.84 Å². The summed E-state index contributed by atoms with van der Waals surface area (Å²) in [4.78, 5) is 23.3. The van der Waals surface area contributed by atoms with Gasteiger partial charge in [0.05, 0.1) is 0 Å². The average Bonchev–Trinajstić information content (AvgIpc) is 2.67. The van der Waals surface area contributed by atoms with Gasteiger partial charge in [-0.2, -0.15) is 0 Å². The lowest BCUT2D eigenvalue weighted by molar-refractivity contribution is -0.131. The monoisotopic (exact) mass is 587 g/mol. The Balaban J connectivity index is 2.26. The normalized spacial score (nSPS) is 12.5. The van der Waals surface area contributed by atoms with Gasteiger partial charge in [0.25, 0.3) is 0 Å². The minimum Gasteiger partial charge on any atom is -0.508 e. The van der Waals surface area contributed by atoms with Gasteiger partial charge in [-0.25, -0.2) is 9.59 Å². The predicted octanol–water partition coefficient (Wildman–Crippen LogP) is 6.50. The van der Waals surface area contributed by atoms with Gasteiger partial charge in [0, 0.05) is 30.8 Å². The number of aromatic hydroxyl groups is 1. The molecule has 1 atom stereocenters. The number of carbonyl (C=O) groups is 2. The molecule has 30 heavy (non-hydrogen) atoms. The van der Waals surface area contributed by atoms with Gasteiger partial charge in [-0.05, 0) is 77.9 Å². The van der Waals surface area contributed by atoms with Gasteiger partial charge in [0.2, 0.25) is 0 Å². The van der Waals surface area contributed by atoms with E-state index in [9.17, 15) is 14.7 Å². The summed E-state index contributed by atoms with van der Waals surface area (Å²) in [5.74, 6) is -0.976. The van der Waals surface area contributed by atoms with Crippen molar-refractivity contribution >= 4 is 56.3 Å². The number of halogens is 2. The number of carboxylic acid groups (broad SMARTS) is 1. The fourth-order valence-electron chi connectivity index (χ4n) is 2.94. The van der Waals surface area contributed by atoms with E-state index in [2.05, 4.69) is 43.8 Å². The minimum absolute atomic E-state index is 0.0333. The number of phenols is 1. The zero-order chi connectivity index (χ0) is 22.3. The Morgan fingerprint density at radius 2 is 1.90 bits per heavy atom. The third-order valence-corrected chi connectivity index (χ3v) is 5.71. The van der Waals surface area contributed by atoms with Crippen molar-refractivity contribution in [2.75, 3.05) is 5.32 Å². The fraction of sp³-hybridized carbons (Fsp3) is 0.273. The van der Waals surface area contributed by atoms with E-state index in [1.807, 2.05) is 13.8 Å². The molecule has 0 aliphatic rings. The first kappa shape index (κ1) is 24.2. The van der Waals surface area contributed by atoms with Gasteiger partial charge in [-0.15, -0.1) is 0 Å². The Bertz CT molecular complexity index is 928. The quantitative estimate of drug-likeness (QED) is 0.242. The molecule has 0 aliphatic carbocycles. The topological polar surface area (TPSA) is 95.9 Å². The standard InChI is InChI=1S/C22H23BrINO5/c1-22(2,12-4-3-5-19(27)28)20(17-13-15(24)8-11-18(17)26)30-21(29)25-16-9-6-14(23)7-10-16/h3,5-11,13,20,26H,4,12H2,1-2H3,(H,25,29)(H,27,28)/b5-3+/t20-/m0/s1. The summed E-state index contributed by atoms with van der Waals surface area (Å²) in [6.07, 6.45) is 2.29. The van der Waals surface area contributed by atoms with E-state index in [0.717, 1.165) is 14.1 Å². The second kappa shape index (κ2) is 10.8. The van der Waals surface area contributed by atoms with Crippen molar-refractivity contribution in [2.24, 2.45) is 5.41 Å². The molecular formula is C22H23BrINO5. The average molecular weight is 588 g/mol. The summed E-state index contributed by atoms with van der Waals surface area (Å²) in [6, 6.07) is 12.2. The minimum atomic E-state index is -1.01. The number of anilines is 1. The first-order valence-corrected chi connectivity index (χ1v) is 11.1. The summed E-state index contributed by atoms with van der Waals surface area (Å²) in [5, 5.41) is 21.9. The summed E-state index contributed by atoms with van der Waals surface area (Å²) in [5.41, 5.74) is 0.498. The van der Waals surface area contributed by atoms with Gasteiger partial charge in [-0.3, -0.25) is 5.32 Å². The van der Waals surface area contributed by atoms with Gasteiger partial charge in [0.15, 0.2) is 0 Å². The van der Waals surface area contributed by atoms with Gasteiger partial charge < -0.3 is 14.9 Å². The summed E-state index contributed by atoms with van der Waals surface area (Å²) < 4.78 is 7.56. The highest BCUT2D eigenvalue weighted by Gasteiger charge is 2.35. The largest absolute Gasteiger partial charge is 0.508 e. The van der Waals surface area contributed by atoms with E-state index in [1.165, 1.54) is 0 Å². The molecular weight excluding hydrogens is 565 g/mol. The van der Waals surface area contributed by atoms with Gasteiger partial charge in [-0.1, -0.05) is 35.9 Å². The van der Waals surface area contributed by atoms with E-state index < -0.39 is 23.6 Å². The van der Waals surface area contributed by atoms with Gasteiger partial charge in [0.1, 0.15) is 11.9 Å². The lowest BCUT2D eigenvalue weighted by Gasteiger charge is -2.34. The van der Waals surface area contributed by atoms with E-state index in [0.29, 0.717) is 24.1 Å². The molecule has 0 aliphatic heterocycles. The number of hydrogen-bond acceptors (Lipinski definition) is 4. The molecule has 160 valence electrons. The molecule has 0 unspecified atom stereocenters. The van der Waals surface area contributed by atoms with Gasteiger partial charge >= 0.3 is 12.1 Å². The van der Waals surface area contributed by atoms with Crippen LogP contribution in [0.5, 0.6) is 5.75 Å². The van der Waals surface area contributed by atoms with Crippen LogP contribution >= 0.6 is 38.5 Å². The van der Waals surface area contributed by atoms with Crippen LogP contribution in [-0.2, 0) is 9.53 Å². The smallest absolute Gasteiger partial charge is 0.412 e. The molecule has 0 saturated heterocycles. The Morgan fingerprint density at radius 1 is 1.23 bits per heavy atom. The second-order valence-electron chi connectivity index (χ2n) is 7.39. The summed E-state index contributed by atoms with van der Waals surface area (Å²) in [6.45, 7) is 3.83. The highest BCUT2D eigenvalue weighted by Crippen LogP contribution is 2.44. The summed E-state index contributed by atoms with van der Waals surface area (Å²) in [7, 11) is 0. The number of aliphatic carboxylic acids is 1. The molecule has 0 saturated carbocycles. The molecule has 2 aromatic rings. The Hall–Kier alpha value is -2.07. The fourth-order valence-corrected chi connectivity index (χ4v) is 3.72. The van der Waals surface area contributed by atoms with Crippen molar-refractivity contribution < 1.29 is 24.5 Å². The van der Waals surface area contributed by atoms with Crippen LogP contribution in [0.25, 0.3) is 0 Å². The molecule has 8 heteroatoms. The maximum Gasteiger partial charge on any atom is 0.412 e. The zero-order valence-electron chi connectivity index (χ0n) is 16.6. The van der Waals surface area contributed by atoms with Crippen LogP contribution in [0.4, 0.5) is 10.5 Å². The molecule has 0 spiro atoms. The predicted molar refractivity (Wildman–Crippen MR) is 128 cm³/mol. The van der Waals surface area contributed by atoms with Crippen LogP contribution in [0, 0.1) is 8.99 Å². The molecule has 1 amide bonds. The van der Waals surface area contributed by atoms with Crippen molar-refractivity contribution in [1.82, 2.24) is 0 Å². The van der Waals surface area contributed by atoms with Crippen LogP contribution < -0.4 is 5.32 Å². The van der Waals surface area contributed by atoms with Crippen molar-refractivity contribution in [2.45, 2.75) is 32.8 Å². The van der Waals surface area contributed by atoms with Crippen molar-refractivity contribution in [3.63, 3.8) is 0 Å². The zero-order valence-corrected chi connectivity index (χ0v) is 20.3. The third-order valence-electron chi connectivity index (χ3n) is 4.51. The molecule has 0 radical (unpaired) electrons. The van der Waals surface area contributed by atoms with Crippen molar-refractivity contribution in [1.29, 1.82) is 0 Å². The third kappa shape index (κ3) is 7.32. The Morgan fingerprint density at radius 3 is 2.53 bits per heavy atom. The van der Waals surface area contributed by atoms with Crippen LogP contribution in [0.1, 0.15) is 38.4 Å². The highest BCUT2D eigenvalue weighted by atomic mass is 127. The number of carbonyl (C=O) groups excluding carboxylic acids is 1. The number of ether oxygens (including phenoxy) is 1.